The number of hydrogen-bond donors (Lipinski definition) is 0. The molecule has 51 heavy (non-hydrogen) atoms. The molecule has 1 heteroatoms. The lowest BCUT2D eigenvalue weighted by atomic mass is 9.83. The third-order valence-electron chi connectivity index (χ3n) is 8.62. The lowest BCUT2D eigenvalue weighted by Gasteiger charge is -2.20. The molecule has 236 valence electrons. The molecule has 0 saturated heterocycles. The second-order valence-corrected chi connectivity index (χ2v) is 11.3. The molecule has 1 heterocycles. The summed E-state index contributed by atoms with van der Waals surface area (Å²) in [7, 11) is 0. The van der Waals surface area contributed by atoms with Crippen molar-refractivity contribution in [1.29, 1.82) is 0 Å². The van der Waals surface area contributed by atoms with Gasteiger partial charge in [-0.15, -0.1) is 0 Å². The van der Waals surface area contributed by atoms with Crippen LogP contribution in [-0.4, -0.2) is 0 Å². The van der Waals surface area contributed by atoms with Crippen LogP contribution in [0.4, 0.5) is 0 Å². The van der Waals surface area contributed by atoms with E-state index < -0.39 is 290 Å². The predicted octanol–water partition coefficient (Wildman–Crippen LogP) is 14.4. The molecule has 0 atom stereocenters. The lowest BCUT2D eigenvalue weighted by molar-refractivity contribution is 0.673. The molecule has 0 spiro atoms. The third-order valence-corrected chi connectivity index (χ3v) is 8.62. The molecule has 0 unspecified atom stereocenters. The first-order valence-corrected chi connectivity index (χ1v) is 15.2. The van der Waals surface area contributed by atoms with Gasteiger partial charge in [-0.05, 0) is 100.0 Å². The molecule has 11 rings (SSSR count). The Balaban J connectivity index is 1.46. The first-order chi connectivity index (χ1) is 37.8. The SMILES string of the molecule is [2H]c1c([2H])c(-c2c([2H])c([2H])c3c([2H])c([2H])c([2H])c(-c4c5c([2H])c([2H])c([2H])c([2H])c5c(-c5c([2H])c([2H])c([2H])c6c([2H])c([2H])c([2H])c([2H])c56)c5c([2H])c([2H])c([2H])c([2H])c45)c3c2[2H])c2c(oc3c4c([2H])c([2H])c([2H])c([2H])c4c([2H])c([2H])c32)c1[2H]. The van der Waals surface area contributed by atoms with Gasteiger partial charge < -0.3 is 4.42 Å². The Labute approximate surface area is 336 Å². The summed E-state index contributed by atoms with van der Waals surface area (Å²) in [4.78, 5) is 0. The standard InChI is InChI=1S/C50H30O/c1-3-16-35-31(12-1)14-9-23-38(35)47-39-18-5-7-20-41(39)48(42-21-8-6-19-40(42)47)43-24-10-15-33-26-27-34(30-45(33)43)36-22-11-25-46-49(36)44-29-28-32-13-2-4-17-37(32)50(44)51-46/h1-30H/i1D,2D,3D,4D,5D,6D,7D,8D,9D,10D,11D,12D,13D,14D,15D,16D,17D,18D,19D,20D,21D,22D,23D,24D,25D,26D,27D,28D,29D,30D. The first kappa shape index (κ1) is 11.7. The fourth-order valence-electron chi connectivity index (χ4n) is 6.50. The molecule has 0 aliphatic heterocycles. The summed E-state index contributed by atoms with van der Waals surface area (Å²) >= 11 is 0. The number of furan rings is 1. The molecule has 0 radical (unpaired) electrons. The monoisotopic (exact) mass is 676 g/mol. The maximum absolute atomic E-state index is 10.2. The van der Waals surface area contributed by atoms with Crippen molar-refractivity contribution < 1.29 is 45.5 Å². The highest BCUT2D eigenvalue weighted by atomic mass is 16.3. The van der Waals surface area contributed by atoms with Crippen molar-refractivity contribution in [1.82, 2.24) is 0 Å². The summed E-state index contributed by atoms with van der Waals surface area (Å²) in [5.74, 6) is 0. The van der Waals surface area contributed by atoms with Gasteiger partial charge in [-0.25, -0.2) is 0 Å². The number of benzene rings is 10. The minimum absolute atomic E-state index is 0.465. The Morgan fingerprint density at radius 2 is 0.804 bits per heavy atom. The Morgan fingerprint density at radius 1 is 0.333 bits per heavy atom. The van der Waals surface area contributed by atoms with Gasteiger partial charge in [-0.1, -0.05) is 163 Å². The topological polar surface area (TPSA) is 13.1 Å². The smallest absolute Gasteiger partial charge is 0.143 e. The van der Waals surface area contributed by atoms with Gasteiger partial charge in [0.25, 0.3) is 0 Å². The Bertz CT molecular complexity index is 4840. The van der Waals surface area contributed by atoms with Crippen molar-refractivity contribution in [3.05, 3.63) is 181 Å². The van der Waals surface area contributed by atoms with E-state index >= 15 is 0 Å². The second-order valence-electron chi connectivity index (χ2n) is 11.3. The van der Waals surface area contributed by atoms with Crippen molar-refractivity contribution in [2.75, 3.05) is 0 Å². The molecule has 0 aliphatic rings. The van der Waals surface area contributed by atoms with Gasteiger partial charge in [0, 0.05) is 16.2 Å². The molecule has 0 bridgehead atoms. The van der Waals surface area contributed by atoms with E-state index in [0.717, 1.165) is 0 Å². The fourth-order valence-corrected chi connectivity index (χ4v) is 6.50. The Hall–Kier alpha value is -6.70. The van der Waals surface area contributed by atoms with Crippen LogP contribution in [0.15, 0.2) is 186 Å². The van der Waals surface area contributed by atoms with Crippen molar-refractivity contribution >= 4 is 75.8 Å². The van der Waals surface area contributed by atoms with Gasteiger partial charge in [0.05, 0.1) is 41.1 Å². The summed E-state index contributed by atoms with van der Waals surface area (Å²) in [6.45, 7) is 0. The van der Waals surface area contributed by atoms with Crippen LogP contribution in [0.1, 0.15) is 41.1 Å². The molecular formula is C50H30O. The lowest BCUT2D eigenvalue weighted by Crippen LogP contribution is -1.92. The summed E-state index contributed by atoms with van der Waals surface area (Å²) in [5, 5.41) is -8.19. The third kappa shape index (κ3) is 4.16. The maximum Gasteiger partial charge on any atom is 0.143 e. The minimum atomic E-state index is -1.10. The molecule has 0 aliphatic carbocycles. The minimum Gasteiger partial charge on any atom is -0.455 e. The van der Waals surface area contributed by atoms with Crippen LogP contribution in [-0.2, 0) is 0 Å². The largest absolute Gasteiger partial charge is 0.455 e. The van der Waals surface area contributed by atoms with E-state index in [4.69, 9.17) is 27.7 Å². The molecule has 11 aromatic rings. The van der Waals surface area contributed by atoms with Crippen LogP contribution in [0.3, 0.4) is 0 Å². The van der Waals surface area contributed by atoms with E-state index in [1.165, 1.54) is 0 Å². The molecule has 0 N–H and O–H groups in total. The highest BCUT2D eigenvalue weighted by molar-refractivity contribution is 6.26. The normalized spacial score (nSPS) is 20.2. The molecule has 1 aromatic heterocycles. The van der Waals surface area contributed by atoms with Gasteiger partial charge in [-0.3, -0.25) is 0 Å². The molecular weight excluding hydrogens is 617 g/mol. The van der Waals surface area contributed by atoms with Crippen LogP contribution in [0.2, 0.25) is 0 Å². The zero-order valence-electron chi connectivity index (χ0n) is 55.4. The maximum atomic E-state index is 10.2. The zero-order chi connectivity index (χ0) is 59.6. The van der Waals surface area contributed by atoms with E-state index in [1.807, 2.05) is 0 Å². The number of hydrogen-bond acceptors (Lipinski definition) is 1. The van der Waals surface area contributed by atoms with Crippen LogP contribution < -0.4 is 0 Å². The van der Waals surface area contributed by atoms with E-state index in [9.17, 15) is 17.8 Å². The number of fused-ring (bicyclic) bond motifs is 9. The quantitative estimate of drug-likeness (QED) is 0.170. The van der Waals surface area contributed by atoms with E-state index in [-0.39, 0.29) is 0 Å². The van der Waals surface area contributed by atoms with Crippen LogP contribution >= 0.6 is 0 Å². The van der Waals surface area contributed by atoms with Crippen molar-refractivity contribution in [3.63, 3.8) is 0 Å². The van der Waals surface area contributed by atoms with Gasteiger partial charge in [-0.2, -0.15) is 0 Å². The predicted molar refractivity (Wildman–Crippen MR) is 218 cm³/mol. The first-order valence-electron chi connectivity index (χ1n) is 30.2. The highest BCUT2D eigenvalue weighted by Crippen LogP contribution is 2.47. The van der Waals surface area contributed by atoms with E-state index in [1.54, 1.807) is 0 Å². The molecule has 10 aromatic carbocycles. The second kappa shape index (κ2) is 10.9. The van der Waals surface area contributed by atoms with Crippen LogP contribution in [0, 0.1) is 0 Å². The molecule has 1 nitrogen and oxygen atoms in total. The molecule has 0 amide bonds. The average Bonchev–Trinajstić information content (AvgIpc) is 4.09. The fraction of sp³-hybridized carbons (Fsp3) is 0. The van der Waals surface area contributed by atoms with Crippen molar-refractivity contribution in [3.8, 4) is 33.4 Å². The zero-order valence-corrected chi connectivity index (χ0v) is 25.4. The van der Waals surface area contributed by atoms with E-state index in [0.29, 0.717) is 0 Å². The average molecular weight is 677 g/mol. The van der Waals surface area contributed by atoms with Gasteiger partial charge in [0.2, 0.25) is 0 Å². The van der Waals surface area contributed by atoms with Crippen molar-refractivity contribution in [2.24, 2.45) is 0 Å². The van der Waals surface area contributed by atoms with E-state index in [2.05, 4.69) is 0 Å². The summed E-state index contributed by atoms with van der Waals surface area (Å²) in [6, 6.07) is -28.7. The summed E-state index contributed by atoms with van der Waals surface area (Å²) in [5.41, 5.74) is -6.00. The van der Waals surface area contributed by atoms with Gasteiger partial charge in [0.1, 0.15) is 11.2 Å². The number of rotatable bonds is 3. The van der Waals surface area contributed by atoms with Crippen LogP contribution in [0.5, 0.6) is 0 Å². The molecule has 0 saturated carbocycles. The summed E-state index contributed by atoms with van der Waals surface area (Å²) < 4.78 is 280. The highest BCUT2D eigenvalue weighted by Gasteiger charge is 2.20. The molecule has 0 fully saturated rings. The Kier molecular flexibility index (Phi) is 2.50. The Morgan fingerprint density at radius 3 is 1.47 bits per heavy atom. The summed E-state index contributed by atoms with van der Waals surface area (Å²) in [6.07, 6.45) is 0. The van der Waals surface area contributed by atoms with Crippen molar-refractivity contribution in [2.45, 2.75) is 0 Å². The van der Waals surface area contributed by atoms with Crippen LogP contribution in [0.25, 0.3) is 109 Å². The van der Waals surface area contributed by atoms with Gasteiger partial charge >= 0.3 is 0 Å². The van der Waals surface area contributed by atoms with Gasteiger partial charge in [0.15, 0.2) is 0 Å².